The highest BCUT2D eigenvalue weighted by atomic mass is 32.2. The minimum atomic E-state index is -0.981. The van der Waals surface area contributed by atoms with Crippen LogP contribution >= 0.6 is 11.8 Å². The number of amides is 2. The zero-order valence-corrected chi connectivity index (χ0v) is 18.4. The van der Waals surface area contributed by atoms with E-state index in [0.717, 1.165) is 15.9 Å². The van der Waals surface area contributed by atoms with Crippen molar-refractivity contribution < 1.29 is 19.1 Å². The monoisotopic (exact) mass is 453 g/mol. The van der Waals surface area contributed by atoms with Crippen molar-refractivity contribution >= 4 is 40.6 Å². The van der Waals surface area contributed by atoms with Gasteiger partial charge in [-0.2, -0.15) is 11.8 Å². The Labute approximate surface area is 188 Å². The molecule has 9 heteroatoms. The first-order chi connectivity index (χ1) is 15.5. The first-order valence-corrected chi connectivity index (χ1v) is 11.7. The van der Waals surface area contributed by atoms with Gasteiger partial charge in [0.25, 0.3) is 11.8 Å². The second kappa shape index (κ2) is 9.44. The number of carbonyl (C=O) groups is 3. The van der Waals surface area contributed by atoms with Gasteiger partial charge in [-0.25, -0.2) is 9.59 Å². The Kier molecular flexibility index (Phi) is 6.45. The van der Waals surface area contributed by atoms with E-state index in [4.69, 9.17) is 4.74 Å². The van der Waals surface area contributed by atoms with Gasteiger partial charge in [-0.15, -0.1) is 0 Å². The third-order valence-electron chi connectivity index (χ3n) is 5.46. The fraction of sp³-hybridized carbons (Fsp3) is 0.304. The summed E-state index contributed by atoms with van der Waals surface area (Å²) >= 11 is 1.52. The van der Waals surface area contributed by atoms with Crippen LogP contribution in [0.3, 0.4) is 0 Å². The average molecular weight is 454 g/mol. The highest BCUT2D eigenvalue weighted by Gasteiger charge is 2.43. The number of ether oxygens (including phenoxy) is 1. The first kappa shape index (κ1) is 21.9. The lowest BCUT2D eigenvalue weighted by Gasteiger charge is -2.24. The van der Waals surface area contributed by atoms with Gasteiger partial charge in [-0.05, 0) is 49.1 Å². The van der Waals surface area contributed by atoms with Gasteiger partial charge in [-0.1, -0.05) is 24.3 Å². The lowest BCUT2D eigenvalue weighted by atomic mass is 10.1. The maximum atomic E-state index is 12.9. The van der Waals surface area contributed by atoms with Crippen LogP contribution in [-0.2, 0) is 16.1 Å². The predicted octanol–water partition coefficient (Wildman–Crippen LogP) is 2.68. The Morgan fingerprint density at radius 3 is 2.38 bits per heavy atom. The highest BCUT2D eigenvalue weighted by molar-refractivity contribution is 7.98. The molecule has 1 atom stereocenters. The van der Waals surface area contributed by atoms with Crippen molar-refractivity contribution in [3.63, 3.8) is 0 Å². The number of carbonyl (C=O) groups excluding carboxylic acids is 3. The number of imidazole rings is 1. The van der Waals surface area contributed by atoms with Gasteiger partial charge in [0, 0.05) is 6.54 Å². The van der Waals surface area contributed by atoms with E-state index < -0.39 is 23.8 Å². The smallest absolute Gasteiger partial charge is 0.329 e. The summed E-state index contributed by atoms with van der Waals surface area (Å²) in [5.41, 5.74) is 1.92. The Morgan fingerprint density at radius 1 is 1.03 bits per heavy atom. The van der Waals surface area contributed by atoms with Crippen LogP contribution in [-0.4, -0.2) is 56.9 Å². The molecular formula is C23H23N3O5S. The van der Waals surface area contributed by atoms with E-state index in [-0.39, 0.29) is 12.3 Å². The minimum Gasteiger partial charge on any atom is -0.464 e. The van der Waals surface area contributed by atoms with Crippen molar-refractivity contribution in [1.29, 1.82) is 0 Å². The van der Waals surface area contributed by atoms with Gasteiger partial charge < -0.3 is 9.72 Å². The molecule has 32 heavy (non-hydrogen) atoms. The zero-order chi connectivity index (χ0) is 22.7. The van der Waals surface area contributed by atoms with Crippen molar-refractivity contribution in [3.8, 4) is 0 Å². The molecule has 0 saturated carbocycles. The minimum absolute atomic E-state index is 0.0731. The number of hydrogen-bond donors (Lipinski definition) is 1. The van der Waals surface area contributed by atoms with E-state index in [1.165, 1.54) is 11.8 Å². The van der Waals surface area contributed by atoms with Gasteiger partial charge in [0.1, 0.15) is 6.04 Å². The molecule has 2 heterocycles. The summed E-state index contributed by atoms with van der Waals surface area (Å²) in [6.45, 7) is 0.447. The standard InChI is InChI=1S/C23H23N3O5S/c1-32-14-11-19(26-20(27)15-7-2-3-8-16(15)21(26)28)22(29)31-13-6-12-25-18-10-5-4-9-17(18)24-23(25)30/h2-5,7-10,19H,6,11-14H2,1H3,(H,24,30). The molecule has 3 aromatic rings. The maximum Gasteiger partial charge on any atom is 0.329 e. The number of hydrogen-bond acceptors (Lipinski definition) is 6. The number of fused-ring (bicyclic) bond motifs is 2. The number of para-hydroxylation sites is 2. The molecule has 0 saturated heterocycles. The number of thioether (sulfide) groups is 1. The molecule has 1 N–H and O–H groups in total. The third kappa shape index (κ3) is 4.08. The van der Waals surface area contributed by atoms with Crippen molar-refractivity contribution in [2.45, 2.75) is 25.4 Å². The molecule has 0 bridgehead atoms. The zero-order valence-electron chi connectivity index (χ0n) is 17.6. The molecule has 0 aliphatic carbocycles. The first-order valence-electron chi connectivity index (χ1n) is 10.3. The van der Waals surface area contributed by atoms with Crippen molar-refractivity contribution in [2.75, 3.05) is 18.6 Å². The lowest BCUT2D eigenvalue weighted by Crippen LogP contribution is -2.46. The molecule has 1 aromatic heterocycles. The number of aromatic nitrogens is 2. The molecule has 4 rings (SSSR count). The summed E-state index contributed by atoms with van der Waals surface area (Å²) in [6, 6.07) is 12.9. The van der Waals surface area contributed by atoms with E-state index in [1.807, 2.05) is 30.5 Å². The number of esters is 1. The van der Waals surface area contributed by atoms with E-state index >= 15 is 0 Å². The van der Waals surface area contributed by atoms with Gasteiger partial charge >= 0.3 is 11.7 Å². The van der Waals surface area contributed by atoms with Crippen LogP contribution in [0.1, 0.15) is 33.6 Å². The Morgan fingerprint density at radius 2 is 1.69 bits per heavy atom. The molecule has 1 unspecified atom stereocenters. The number of nitrogens with zero attached hydrogens (tertiary/aromatic N) is 2. The van der Waals surface area contributed by atoms with E-state index in [9.17, 15) is 19.2 Å². The second-order valence-electron chi connectivity index (χ2n) is 7.44. The Balaban J connectivity index is 1.42. The molecule has 1 aliphatic heterocycles. The molecule has 2 amide bonds. The van der Waals surface area contributed by atoms with Crippen LogP contribution in [0.4, 0.5) is 0 Å². The number of aromatic amines is 1. The quantitative estimate of drug-likeness (QED) is 0.304. The number of H-pyrrole nitrogens is 1. The van der Waals surface area contributed by atoms with E-state index in [0.29, 0.717) is 36.3 Å². The fourth-order valence-corrected chi connectivity index (χ4v) is 4.35. The Hall–Kier alpha value is -3.33. The summed E-state index contributed by atoms with van der Waals surface area (Å²) in [4.78, 5) is 54.5. The topological polar surface area (TPSA) is 101 Å². The second-order valence-corrected chi connectivity index (χ2v) is 8.43. The SMILES string of the molecule is CSCCC(C(=O)OCCCn1c(=O)[nH]c2ccccc21)N1C(=O)c2ccccc2C1=O. The van der Waals surface area contributed by atoms with Crippen LogP contribution in [0.15, 0.2) is 53.3 Å². The Bertz CT molecular complexity index is 1200. The highest BCUT2D eigenvalue weighted by Crippen LogP contribution is 2.26. The van der Waals surface area contributed by atoms with Gasteiger partial charge in [0.05, 0.1) is 28.8 Å². The van der Waals surface area contributed by atoms with E-state index in [2.05, 4.69) is 4.98 Å². The number of aryl methyl sites for hydroxylation is 1. The van der Waals surface area contributed by atoms with Crippen LogP contribution in [0.5, 0.6) is 0 Å². The number of nitrogens with one attached hydrogen (secondary N) is 1. The number of benzene rings is 2. The fourth-order valence-electron chi connectivity index (χ4n) is 3.89. The van der Waals surface area contributed by atoms with E-state index in [1.54, 1.807) is 28.8 Å². The average Bonchev–Trinajstić information content (AvgIpc) is 3.25. The number of rotatable bonds is 9. The summed E-state index contributed by atoms with van der Waals surface area (Å²) in [6.07, 6.45) is 2.63. The summed E-state index contributed by atoms with van der Waals surface area (Å²) in [5.74, 6) is -0.962. The van der Waals surface area contributed by atoms with Crippen molar-refractivity contribution in [1.82, 2.24) is 14.5 Å². The predicted molar refractivity (Wildman–Crippen MR) is 122 cm³/mol. The van der Waals surface area contributed by atoms with Crippen molar-refractivity contribution in [3.05, 3.63) is 70.1 Å². The molecule has 0 spiro atoms. The summed E-state index contributed by atoms with van der Waals surface area (Å²) < 4.78 is 7.04. The largest absolute Gasteiger partial charge is 0.464 e. The van der Waals surface area contributed by atoms with Gasteiger partial charge in [0.15, 0.2) is 0 Å². The lowest BCUT2D eigenvalue weighted by molar-refractivity contribution is -0.148. The van der Waals surface area contributed by atoms with Crippen LogP contribution in [0.25, 0.3) is 11.0 Å². The van der Waals surface area contributed by atoms with Crippen LogP contribution in [0, 0.1) is 0 Å². The molecule has 166 valence electrons. The normalized spacial score (nSPS) is 14.1. The molecular weight excluding hydrogens is 430 g/mol. The number of imide groups is 1. The summed E-state index contributed by atoms with van der Waals surface area (Å²) in [5, 5.41) is 0. The third-order valence-corrected chi connectivity index (χ3v) is 6.10. The van der Waals surface area contributed by atoms with Gasteiger partial charge in [-0.3, -0.25) is 19.1 Å². The molecule has 0 radical (unpaired) electrons. The van der Waals surface area contributed by atoms with Crippen LogP contribution < -0.4 is 5.69 Å². The van der Waals surface area contributed by atoms with Gasteiger partial charge in [0.2, 0.25) is 0 Å². The van der Waals surface area contributed by atoms with Crippen LogP contribution in [0.2, 0.25) is 0 Å². The summed E-state index contributed by atoms with van der Waals surface area (Å²) in [7, 11) is 0. The molecule has 0 fully saturated rings. The van der Waals surface area contributed by atoms with Crippen molar-refractivity contribution in [2.24, 2.45) is 0 Å². The molecule has 1 aliphatic rings. The maximum absolute atomic E-state index is 12.9. The molecule has 8 nitrogen and oxygen atoms in total. The molecule has 2 aromatic carbocycles.